The number of rotatable bonds is 3. The van der Waals surface area contributed by atoms with Crippen LogP contribution in [0.2, 0.25) is 0 Å². The van der Waals surface area contributed by atoms with Crippen molar-refractivity contribution in [1.82, 2.24) is 9.29 Å². The van der Waals surface area contributed by atoms with Crippen LogP contribution in [-0.4, -0.2) is 32.2 Å². The number of ether oxygens (including phenoxy) is 1. The van der Waals surface area contributed by atoms with E-state index >= 15 is 0 Å². The van der Waals surface area contributed by atoms with Gasteiger partial charge >= 0.3 is 0 Å². The molecule has 1 fully saturated rings. The van der Waals surface area contributed by atoms with Crippen LogP contribution in [0.25, 0.3) is 0 Å². The highest BCUT2D eigenvalue weighted by atomic mass is 32.2. The quantitative estimate of drug-likeness (QED) is 0.805. The molecule has 0 aromatic carbocycles. The molecule has 0 spiro atoms. The maximum atomic E-state index is 13.5. The molecule has 0 N–H and O–H groups in total. The lowest BCUT2D eigenvalue weighted by Crippen LogP contribution is -2.42. The normalized spacial score (nSPS) is 22.0. The summed E-state index contributed by atoms with van der Waals surface area (Å²) < 4.78 is 32.9. The van der Waals surface area contributed by atoms with Gasteiger partial charge in [0.25, 0.3) is 0 Å². The first kappa shape index (κ1) is 15.5. The summed E-state index contributed by atoms with van der Waals surface area (Å²) in [6.07, 6.45) is 2.91. The largest absolute Gasteiger partial charge is 0.597 e. The van der Waals surface area contributed by atoms with Gasteiger partial charge in [-0.15, -0.1) is 4.31 Å². The highest BCUT2D eigenvalue weighted by molar-refractivity contribution is 7.90. The van der Waals surface area contributed by atoms with E-state index in [4.69, 9.17) is 4.74 Å². The Morgan fingerprint density at radius 1 is 1.50 bits per heavy atom. The van der Waals surface area contributed by atoms with Gasteiger partial charge in [0.2, 0.25) is 5.88 Å². The number of halogens is 1. The Morgan fingerprint density at radius 2 is 2.20 bits per heavy atom. The van der Waals surface area contributed by atoms with Crippen molar-refractivity contribution in [2.75, 3.05) is 13.7 Å². The van der Waals surface area contributed by atoms with Crippen LogP contribution in [0, 0.1) is 5.82 Å². The summed E-state index contributed by atoms with van der Waals surface area (Å²) in [6, 6.07) is 1.34. The molecule has 2 heterocycles. The maximum Gasteiger partial charge on any atom is 0.218 e. The van der Waals surface area contributed by atoms with E-state index in [2.05, 4.69) is 4.98 Å². The van der Waals surface area contributed by atoms with Crippen LogP contribution < -0.4 is 4.74 Å². The maximum absolute atomic E-state index is 13.5. The lowest BCUT2D eigenvalue weighted by atomic mass is 10.1. The molecule has 20 heavy (non-hydrogen) atoms. The smallest absolute Gasteiger partial charge is 0.218 e. The zero-order chi connectivity index (χ0) is 14.9. The molecule has 1 aliphatic rings. The van der Waals surface area contributed by atoms with Gasteiger partial charge in [0, 0.05) is 23.5 Å². The molecule has 1 aromatic heterocycles. The predicted molar refractivity (Wildman–Crippen MR) is 77.3 cm³/mol. The lowest BCUT2D eigenvalue weighted by molar-refractivity contribution is 0.348. The molecule has 6 heteroatoms. The minimum Gasteiger partial charge on any atom is -0.597 e. The number of pyridine rings is 1. The first-order valence-corrected chi connectivity index (χ1v) is 7.83. The topological polar surface area (TPSA) is 48.4 Å². The van der Waals surface area contributed by atoms with E-state index in [9.17, 15) is 8.94 Å². The Balaban J connectivity index is 2.34. The second-order valence-electron chi connectivity index (χ2n) is 5.91. The van der Waals surface area contributed by atoms with Crippen molar-refractivity contribution < 1.29 is 13.7 Å². The highest BCUT2D eigenvalue weighted by Gasteiger charge is 2.42. The number of hydrogen-bond donors (Lipinski definition) is 0. The van der Waals surface area contributed by atoms with Gasteiger partial charge in [-0.25, -0.2) is 9.37 Å². The number of methoxy groups -OCH3 is 1. The first-order valence-electron chi connectivity index (χ1n) is 6.72. The molecular formula is C14H21FN2O2S. The Morgan fingerprint density at radius 3 is 2.80 bits per heavy atom. The van der Waals surface area contributed by atoms with Crippen molar-refractivity contribution in [2.45, 2.75) is 44.4 Å². The average molecular weight is 300 g/mol. The van der Waals surface area contributed by atoms with Gasteiger partial charge in [-0.2, -0.15) is 0 Å². The molecule has 0 aliphatic carbocycles. The van der Waals surface area contributed by atoms with Crippen LogP contribution in [0.1, 0.15) is 45.2 Å². The van der Waals surface area contributed by atoms with E-state index in [0.717, 1.165) is 25.6 Å². The monoisotopic (exact) mass is 300 g/mol. The molecule has 0 radical (unpaired) electrons. The molecule has 4 nitrogen and oxygen atoms in total. The van der Waals surface area contributed by atoms with Gasteiger partial charge in [0.15, 0.2) is 0 Å². The van der Waals surface area contributed by atoms with Crippen LogP contribution in [0.3, 0.4) is 0 Å². The SMILES string of the molecule is COc1ncc(F)cc1C1CCCN1[S+]([O-])C(C)(C)C. The van der Waals surface area contributed by atoms with Crippen molar-refractivity contribution in [1.29, 1.82) is 0 Å². The molecule has 0 bridgehead atoms. The zero-order valence-corrected chi connectivity index (χ0v) is 13.2. The summed E-state index contributed by atoms with van der Waals surface area (Å²) in [7, 11) is 1.52. The fourth-order valence-electron chi connectivity index (χ4n) is 2.45. The van der Waals surface area contributed by atoms with Gasteiger partial charge in [0.1, 0.15) is 10.6 Å². The number of hydrogen-bond acceptors (Lipinski definition) is 4. The van der Waals surface area contributed by atoms with E-state index < -0.39 is 17.2 Å². The number of aromatic nitrogens is 1. The third kappa shape index (κ3) is 3.07. The summed E-state index contributed by atoms with van der Waals surface area (Å²) >= 11 is -1.13. The lowest BCUT2D eigenvalue weighted by Gasteiger charge is -2.33. The molecule has 0 amide bonds. The van der Waals surface area contributed by atoms with Crippen molar-refractivity contribution in [3.8, 4) is 5.88 Å². The third-order valence-corrected chi connectivity index (χ3v) is 5.25. The molecule has 0 saturated carbocycles. The van der Waals surface area contributed by atoms with Crippen molar-refractivity contribution in [3.05, 3.63) is 23.6 Å². The summed E-state index contributed by atoms with van der Waals surface area (Å²) in [4.78, 5) is 3.97. The van der Waals surface area contributed by atoms with E-state index in [1.807, 2.05) is 25.1 Å². The summed E-state index contributed by atoms with van der Waals surface area (Å²) in [5, 5.41) is 0. The van der Waals surface area contributed by atoms with Crippen LogP contribution >= 0.6 is 0 Å². The van der Waals surface area contributed by atoms with Gasteiger partial charge in [0.05, 0.1) is 19.3 Å². The van der Waals surface area contributed by atoms with Crippen molar-refractivity contribution >= 4 is 11.4 Å². The number of nitrogens with zero attached hydrogens (tertiary/aromatic N) is 2. The minimum atomic E-state index is -1.13. The Labute approximate surface area is 122 Å². The van der Waals surface area contributed by atoms with Gasteiger partial charge in [-0.3, -0.25) is 0 Å². The molecule has 112 valence electrons. The Bertz CT molecular complexity index is 479. The highest BCUT2D eigenvalue weighted by Crippen LogP contribution is 2.40. The van der Waals surface area contributed by atoms with Gasteiger partial charge in [-0.05, 0) is 39.7 Å². The molecule has 1 aromatic rings. The summed E-state index contributed by atoms with van der Waals surface area (Å²) in [6.45, 7) is 6.58. The average Bonchev–Trinajstić information content (AvgIpc) is 2.85. The minimum absolute atomic E-state index is 0.104. The van der Waals surface area contributed by atoms with E-state index in [0.29, 0.717) is 11.4 Å². The standard InChI is InChI=1S/C14H21FN2O2S/c1-14(2,3)20(18)17-7-5-6-12(17)11-8-10(15)9-16-13(11)19-4/h8-9,12H,5-7H2,1-4H3. The molecule has 2 unspecified atom stereocenters. The van der Waals surface area contributed by atoms with E-state index in [-0.39, 0.29) is 10.8 Å². The fraction of sp³-hybridized carbons (Fsp3) is 0.643. The predicted octanol–water partition coefficient (Wildman–Crippen LogP) is 2.83. The molecule has 2 atom stereocenters. The van der Waals surface area contributed by atoms with Crippen molar-refractivity contribution in [3.63, 3.8) is 0 Å². The molecular weight excluding hydrogens is 279 g/mol. The van der Waals surface area contributed by atoms with Gasteiger partial charge in [-0.1, -0.05) is 0 Å². The van der Waals surface area contributed by atoms with Crippen LogP contribution in [0.15, 0.2) is 12.3 Å². The first-order chi connectivity index (χ1) is 9.34. The van der Waals surface area contributed by atoms with Crippen LogP contribution in [-0.2, 0) is 11.4 Å². The van der Waals surface area contributed by atoms with E-state index in [1.165, 1.54) is 13.2 Å². The van der Waals surface area contributed by atoms with Crippen molar-refractivity contribution in [2.24, 2.45) is 0 Å². The summed E-state index contributed by atoms with van der Waals surface area (Å²) in [5.74, 6) is 0.0170. The molecule has 1 aliphatic heterocycles. The second-order valence-corrected chi connectivity index (χ2v) is 8.10. The van der Waals surface area contributed by atoms with Gasteiger partial charge < -0.3 is 9.29 Å². The fourth-order valence-corrected chi connectivity index (χ4v) is 3.90. The molecule has 1 saturated heterocycles. The second kappa shape index (κ2) is 5.87. The Kier molecular flexibility index (Phi) is 4.56. The summed E-state index contributed by atoms with van der Waals surface area (Å²) in [5.41, 5.74) is 0.683. The third-order valence-electron chi connectivity index (χ3n) is 3.34. The molecule has 2 rings (SSSR count). The Hall–Kier alpha value is -0.850. The van der Waals surface area contributed by atoms with E-state index in [1.54, 1.807) is 0 Å². The van der Waals surface area contributed by atoms with Crippen LogP contribution in [0.4, 0.5) is 4.39 Å². The van der Waals surface area contributed by atoms with Crippen LogP contribution in [0.5, 0.6) is 5.88 Å². The zero-order valence-electron chi connectivity index (χ0n) is 12.4.